The number of anilines is 1. The van der Waals surface area contributed by atoms with E-state index in [4.69, 9.17) is 14.2 Å². The molecule has 11 heteroatoms. The van der Waals surface area contributed by atoms with Gasteiger partial charge in [0.2, 0.25) is 0 Å². The third-order valence-electron chi connectivity index (χ3n) is 7.05. The van der Waals surface area contributed by atoms with Gasteiger partial charge in [-0.05, 0) is 36.6 Å². The first kappa shape index (κ1) is 28.7. The summed E-state index contributed by atoms with van der Waals surface area (Å²) in [6.45, 7) is 8.79. The van der Waals surface area contributed by atoms with E-state index < -0.39 is 17.8 Å². The van der Waals surface area contributed by atoms with Gasteiger partial charge in [0.15, 0.2) is 11.6 Å². The van der Waals surface area contributed by atoms with Crippen LogP contribution in [0.15, 0.2) is 42.6 Å². The zero-order valence-electron chi connectivity index (χ0n) is 23.3. The molecule has 0 aliphatic carbocycles. The van der Waals surface area contributed by atoms with Crippen LogP contribution in [0.2, 0.25) is 0 Å². The molecule has 0 radical (unpaired) electrons. The summed E-state index contributed by atoms with van der Waals surface area (Å²) < 4.78 is 32.5. The summed E-state index contributed by atoms with van der Waals surface area (Å²) in [7, 11) is 0. The molecule has 2 saturated heterocycles. The normalized spacial score (nSPS) is 16.3. The molecule has 0 bridgehead atoms. The summed E-state index contributed by atoms with van der Waals surface area (Å²) in [6.07, 6.45) is 2.38. The lowest BCUT2D eigenvalue weighted by Gasteiger charge is -2.26. The van der Waals surface area contributed by atoms with E-state index in [1.807, 2.05) is 13.8 Å². The Balaban J connectivity index is 1.30. The highest BCUT2D eigenvalue weighted by Gasteiger charge is 2.37. The van der Waals surface area contributed by atoms with E-state index >= 15 is 4.39 Å². The number of aliphatic hydroxyl groups is 1. The number of benzene rings is 2. The molecule has 2 aliphatic rings. The quantitative estimate of drug-likeness (QED) is 0.272. The molecule has 3 amide bonds. The van der Waals surface area contributed by atoms with Gasteiger partial charge < -0.3 is 24.2 Å². The van der Waals surface area contributed by atoms with Crippen LogP contribution in [0.1, 0.15) is 25.8 Å². The Kier molecular flexibility index (Phi) is 8.96. The lowest BCUT2D eigenvalue weighted by molar-refractivity contribution is -0.116. The lowest BCUT2D eigenvalue weighted by atomic mass is 10.1. The highest BCUT2D eigenvalue weighted by molar-refractivity contribution is 6.19. The van der Waals surface area contributed by atoms with Crippen molar-refractivity contribution in [2.24, 2.45) is 5.92 Å². The molecule has 0 atom stereocenters. The largest absolute Gasteiger partial charge is 0.493 e. The number of hydrogen-bond acceptors (Lipinski definition) is 8. The number of nitrogens with zero attached hydrogens (tertiary/aromatic N) is 4. The second-order valence-electron chi connectivity index (χ2n) is 10.6. The lowest BCUT2D eigenvalue weighted by Crippen LogP contribution is -2.37. The molecule has 1 N–H and O–H groups in total. The van der Waals surface area contributed by atoms with Crippen LogP contribution in [0.3, 0.4) is 0 Å². The molecular weight excluding hydrogens is 531 g/mol. The van der Waals surface area contributed by atoms with Gasteiger partial charge in [0.25, 0.3) is 5.91 Å². The average molecular weight is 567 g/mol. The van der Waals surface area contributed by atoms with Crippen LogP contribution in [-0.2, 0) is 16.1 Å². The third kappa shape index (κ3) is 6.58. The predicted molar refractivity (Wildman–Crippen MR) is 151 cm³/mol. The van der Waals surface area contributed by atoms with Gasteiger partial charge in [0, 0.05) is 55.5 Å². The van der Waals surface area contributed by atoms with Crippen molar-refractivity contribution in [1.82, 2.24) is 14.8 Å². The van der Waals surface area contributed by atoms with E-state index in [2.05, 4.69) is 9.88 Å². The molecule has 5 rings (SSSR count). The van der Waals surface area contributed by atoms with Crippen LogP contribution in [0.25, 0.3) is 10.9 Å². The van der Waals surface area contributed by atoms with Crippen LogP contribution in [-0.4, -0.2) is 84.4 Å². The van der Waals surface area contributed by atoms with E-state index in [9.17, 15) is 14.7 Å². The standard InChI is InChI=1S/C30H35FN4O6/c1-20(2)17-34-18-29(37)35(30(34)38)22-4-5-27(24(31)15-22)41-26-6-7-32-25-16-28(21(19-36)14-23(25)26)40-11-3-8-33-9-12-39-13-10-33/h4-7,14-16,20,36H,3,8-13,17-19H2,1-2H3. The first-order chi connectivity index (χ1) is 19.8. The number of carbonyl (C=O) groups is 2. The van der Waals surface area contributed by atoms with Crippen LogP contribution >= 0.6 is 0 Å². The Morgan fingerprint density at radius 1 is 1.07 bits per heavy atom. The van der Waals surface area contributed by atoms with E-state index in [1.54, 1.807) is 24.4 Å². The number of carbonyl (C=O) groups excluding carboxylic acids is 2. The fourth-order valence-electron chi connectivity index (χ4n) is 5.05. The molecular formula is C30H35FN4O6. The highest BCUT2D eigenvalue weighted by Crippen LogP contribution is 2.35. The summed E-state index contributed by atoms with van der Waals surface area (Å²) in [4.78, 5) is 34.5. The fourth-order valence-corrected chi connectivity index (χ4v) is 5.05. The van der Waals surface area contributed by atoms with Crippen LogP contribution in [0.4, 0.5) is 14.9 Å². The number of ether oxygens (including phenoxy) is 3. The van der Waals surface area contributed by atoms with Crippen molar-refractivity contribution in [1.29, 1.82) is 0 Å². The number of morpholine rings is 1. The summed E-state index contributed by atoms with van der Waals surface area (Å²) >= 11 is 0. The molecule has 2 aliphatic heterocycles. The van der Waals surface area contributed by atoms with Crippen molar-refractivity contribution in [3.05, 3.63) is 54.0 Å². The number of amides is 3. The Labute approximate surface area is 238 Å². The molecule has 41 heavy (non-hydrogen) atoms. The highest BCUT2D eigenvalue weighted by atomic mass is 19.1. The second kappa shape index (κ2) is 12.8. The number of rotatable bonds is 11. The van der Waals surface area contributed by atoms with Crippen molar-refractivity contribution >= 4 is 28.5 Å². The number of aromatic nitrogens is 1. The van der Waals surface area contributed by atoms with E-state index in [1.165, 1.54) is 17.0 Å². The van der Waals surface area contributed by atoms with Gasteiger partial charge in [-0.1, -0.05) is 13.8 Å². The SMILES string of the molecule is CC(C)CN1CC(=O)N(c2ccc(Oc3ccnc4cc(OCCCN5CCOCC5)c(CO)cc34)c(F)c2)C1=O. The molecule has 10 nitrogen and oxygen atoms in total. The predicted octanol–water partition coefficient (Wildman–Crippen LogP) is 4.18. The Morgan fingerprint density at radius 2 is 1.88 bits per heavy atom. The topological polar surface area (TPSA) is 105 Å². The number of imide groups is 1. The van der Waals surface area contributed by atoms with E-state index in [0.29, 0.717) is 41.1 Å². The third-order valence-corrected chi connectivity index (χ3v) is 7.05. The second-order valence-corrected chi connectivity index (χ2v) is 10.6. The van der Waals surface area contributed by atoms with E-state index in [0.717, 1.165) is 50.2 Å². The summed E-state index contributed by atoms with van der Waals surface area (Å²) in [5, 5.41) is 10.6. The molecule has 0 unspecified atom stereocenters. The maximum absolute atomic E-state index is 15.2. The van der Waals surface area contributed by atoms with Gasteiger partial charge in [0.05, 0.1) is 37.6 Å². The zero-order chi connectivity index (χ0) is 28.9. The van der Waals surface area contributed by atoms with Gasteiger partial charge in [-0.25, -0.2) is 14.1 Å². The van der Waals surface area contributed by atoms with Gasteiger partial charge in [0.1, 0.15) is 18.0 Å². The summed E-state index contributed by atoms with van der Waals surface area (Å²) in [5.74, 6) is -0.130. The van der Waals surface area contributed by atoms with Gasteiger partial charge >= 0.3 is 6.03 Å². The summed E-state index contributed by atoms with van der Waals surface area (Å²) in [6, 6.07) is 8.61. The Morgan fingerprint density at radius 3 is 2.61 bits per heavy atom. The first-order valence-electron chi connectivity index (χ1n) is 13.9. The fraction of sp³-hybridized carbons (Fsp3) is 0.433. The minimum absolute atomic E-state index is 0.0351. The van der Waals surface area contributed by atoms with Gasteiger partial charge in [-0.3, -0.25) is 14.7 Å². The maximum Gasteiger partial charge on any atom is 0.331 e. The molecule has 2 aromatic carbocycles. The Bertz CT molecular complexity index is 1410. The number of pyridine rings is 1. The van der Waals surface area contributed by atoms with Crippen LogP contribution in [0, 0.1) is 11.7 Å². The molecule has 2 fully saturated rings. The Hall–Kier alpha value is -3.80. The van der Waals surface area contributed by atoms with Gasteiger partial charge in [-0.15, -0.1) is 0 Å². The molecule has 0 saturated carbocycles. The maximum atomic E-state index is 15.2. The minimum Gasteiger partial charge on any atom is -0.493 e. The smallest absolute Gasteiger partial charge is 0.331 e. The minimum atomic E-state index is -0.724. The number of fused-ring (bicyclic) bond motifs is 1. The van der Waals surface area contributed by atoms with Crippen LogP contribution < -0.4 is 14.4 Å². The van der Waals surface area contributed by atoms with Crippen molar-refractivity contribution in [2.75, 3.05) is 57.4 Å². The zero-order valence-corrected chi connectivity index (χ0v) is 23.3. The molecule has 218 valence electrons. The first-order valence-corrected chi connectivity index (χ1v) is 13.9. The number of halogens is 1. The molecule has 3 heterocycles. The molecule has 0 spiro atoms. The van der Waals surface area contributed by atoms with Gasteiger partial charge in [-0.2, -0.15) is 0 Å². The van der Waals surface area contributed by atoms with Crippen molar-refractivity contribution in [3.8, 4) is 17.2 Å². The number of hydrogen-bond donors (Lipinski definition) is 1. The average Bonchev–Trinajstić information content (AvgIpc) is 3.23. The number of aliphatic hydroxyl groups excluding tert-OH is 1. The van der Waals surface area contributed by atoms with E-state index in [-0.39, 0.29) is 30.5 Å². The monoisotopic (exact) mass is 566 g/mol. The van der Waals surface area contributed by atoms with Crippen molar-refractivity contribution in [2.45, 2.75) is 26.9 Å². The molecule has 3 aromatic rings. The number of urea groups is 1. The van der Waals surface area contributed by atoms with Crippen molar-refractivity contribution in [3.63, 3.8) is 0 Å². The van der Waals surface area contributed by atoms with Crippen molar-refractivity contribution < 1.29 is 33.3 Å². The molecule has 1 aromatic heterocycles. The van der Waals surface area contributed by atoms with Crippen LogP contribution in [0.5, 0.6) is 17.2 Å². The summed E-state index contributed by atoms with van der Waals surface area (Å²) in [5.41, 5.74) is 1.28.